The van der Waals surface area contributed by atoms with Gasteiger partial charge in [0, 0.05) is 23.1 Å². The normalized spacial score (nSPS) is 12.5. The zero-order valence-corrected chi connectivity index (χ0v) is 10.1. The standard InChI is InChI=1S/C13H14N2O4/c14-10(5-12(16)17)9-6-15(7-13(18)19)11-4-2-1-3-8(9)11/h1-4,6,10H,5,7,14H2,(H,16,17)(H,18,19). The Morgan fingerprint density at radius 2 is 1.89 bits per heavy atom. The number of para-hydroxylation sites is 1. The number of aliphatic carboxylic acids is 2. The first-order chi connectivity index (χ1) is 8.99. The average Bonchev–Trinajstić information content (AvgIpc) is 2.67. The summed E-state index contributed by atoms with van der Waals surface area (Å²) in [6.07, 6.45) is 1.42. The number of benzene rings is 1. The molecule has 6 nitrogen and oxygen atoms in total. The van der Waals surface area contributed by atoms with Crippen LogP contribution in [0.5, 0.6) is 0 Å². The number of hydrogen-bond donors (Lipinski definition) is 3. The molecule has 0 radical (unpaired) electrons. The fraction of sp³-hybridized carbons (Fsp3) is 0.231. The first-order valence-electron chi connectivity index (χ1n) is 5.76. The van der Waals surface area contributed by atoms with E-state index in [1.807, 2.05) is 12.1 Å². The largest absolute Gasteiger partial charge is 0.481 e. The van der Waals surface area contributed by atoms with Gasteiger partial charge in [-0.1, -0.05) is 18.2 Å². The lowest BCUT2D eigenvalue weighted by Gasteiger charge is -2.07. The van der Waals surface area contributed by atoms with Gasteiger partial charge >= 0.3 is 11.9 Å². The van der Waals surface area contributed by atoms with Crippen LogP contribution < -0.4 is 5.73 Å². The van der Waals surface area contributed by atoms with Crippen LogP contribution in [-0.4, -0.2) is 26.7 Å². The van der Waals surface area contributed by atoms with Crippen molar-refractivity contribution in [3.63, 3.8) is 0 Å². The highest BCUT2D eigenvalue weighted by molar-refractivity contribution is 5.86. The van der Waals surface area contributed by atoms with Crippen molar-refractivity contribution in [1.29, 1.82) is 0 Å². The van der Waals surface area contributed by atoms with E-state index in [-0.39, 0.29) is 13.0 Å². The summed E-state index contributed by atoms with van der Waals surface area (Å²) in [4.78, 5) is 21.5. The monoisotopic (exact) mass is 262 g/mol. The molecular formula is C13H14N2O4. The molecule has 1 heterocycles. The van der Waals surface area contributed by atoms with Gasteiger partial charge in [-0.05, 0) is 11.6 Å². The average molecular weight is 262 g/mol. The summed E-state index contributed by atoms with van der Waals surface area (Å²) >= 11 is 0. The van der Waals surface area contributed by atoms with Crippen molar-refractivity contribution in [2.75, 3.05) is 0 Å². The number of fused-ring (bicyclic) bond motifs is 1. The predicted octanol–water partition coefficient (Wildman–Crippen LogP) is 1.20. The summed E-state index contributed by atoms with van der Waals surface area (Å²) in [5.41, 5.74) is 7.25. The molecule has 0 bridgehead atoms. The number of carbonyl (C=O) groups is 2. The summed E-state index contributed by atoms with van der Waals surface area (Å²) in [5, 5.41) is 18.5. The van der Waals surface area contributed by atoms with Crippen LogP contribution in [0.1, 0.15) is 18.0 Å². The number of hydrogen-bond acceptors (Lipinski definition) is 3. The fourth-order valence-electron chi connectivity index (χ4n) is 2.15. The Hall–Kier alpha value is -2.34. The molecule has 1 aromatic heterocycles. The number of carboxylic acid groups (broad SMARTS) is 2. The van der Waals surface area contributed by atoms with Gasteiger partial charge in [0.05, 0.1) is 6.42 Å². The highest BCUT2D eigenvalue weighted by Gasteiger charge is 2.17. The third-order valence-corrected chi connectivity index (χ3v) is 2.92. The van der Waals surface area contributed by atoms with Crippen LogP contribution >= 0.6 is 0 Å². The van der Waals surface area contributed by atoms with Gasteiger partial charge in [-0.25, -0.2) is 0 Å². The molecule has 0 aliphatic heterocycles. The maximum atomic E-state index is 10.8. The molecule has 4 N–H and O–H groups in total. The molecule has 0 aliphatic carbocycles. The number of rotatable bonds is 5. The Morgan fingerprint density at radius 3 is 2.53 bits per heavy atom. The first kappa shape index (κ1) is 13.1. The van der Waals surface area contributed by atoms with Crippen molar-refractivity contribution in [2.24, 2.45) is 5.73 Å². The maximum Gasteiger partial charge on any atom is 0.323 e. The molecule has 100 valence electrons. The molecule has 0 aliphatic rings. The highest BCUT2D eigenvalue weighted by Crippen LogP contribution is 2.27. The van der Waals surface area contributed by atoms with Crippen molar-refractivity contribution in [2.45, 2.75) is 19.0 Å². The minimum Gasteiger partial charge on any atom is -0.481 e. The number of nitrogens with two attached hydrogens (primary N) is 1. The molecule has 6 heteroatoms. The number of carboxylic acids is 2. The molecule has 0 saturated heterocycles. The van der Waals surface area contributed by atoms with Crippen LogP contribution in [0.15, 0.2) is 30.5 Å². The zero-order valence-electron chi connectivity index (χ0n) is 10.1. The van der Waals surface area contributed by atoms with Crippen LogP contribution in [-0.2, 0) is 16.1 Å². The van der Waals surface area contributed by atoms with Gasteiger partial charge in [-0.15, -0.1) is 0 Å². The fourth-order valence-corrected chi connectivity index (χ4v) is 2.15. The molecule has 2 aromatic rings. The second-order valence-corrected chi connectivity index (χ2v) is 4.33. The number of aromatic nitrogens is 1. The summed E-state index contributed by atoms with van der Waals surface area (Å²) < 4.78 is 1.56. The van der Waals surface area contributed by atoms with Gasteiger partial charge in [0.25, 0.3) is 0 Å². The van der Waals surface area contributed by atoms with Crippen molar-refractivity contribution >= 4 is 22.8 Å². The molecule has 2 rings (SSSR count). The van der Waals surface area contributed by atoms with Crippen LogP contribution in [0.25, 0.3) is 10.9 Å². The van der Waals surface area contributed by atoms with Crippen LogP contribution in [0, 0.1) is 0 Å². The first-order valence-corrected chi connectivity index (χ1v) is 5.76. The third-order valence-electron chi connectivity index (χ3n) is 2.92. The second kappa shape index (κ2) is 5.11. The van der Waals surface area contributed by atoms with Crippen LogP contribution in [0.4, 0.5) is 0 Å². The summed E-state index contributed by atoms with van der Waals surface area (Å²) in [6, 6.07) is 6.55. The van der Waals surface area contributed by atoms with Gasteiger partial charge < -0.3 is 20.5 Å². The third kappa shape index (κ3) is 2.74. The lowest BCUT2D eigenvalue weighted by molar-refractivity contribution is -0.138. The second-order valence-electron chi connectivity index (χ2n) is 4.33. The van der Waals surface area contributed by atoms with Gasteiger partial charge in [0.2, 0.25) is 0 Å². The predicted molar refractivity (Wildman–Crippen MR) is 68.8 cm³/mol. The van der Waals surface area contributed by atoms with E-state index >= 15 is 0 Å². The SMILES string of the molecule is NC(CC(=O)O)c1cn(CC(=O)O)c2ccccc12. The Kier molecular flexibility index (Phi) is 3.52. The molecule has 0 amide bonds. The van der Waals surface area contributed by atoms with Gasteiger partial charge in [-0.2, -0.15) is 0 Å². The molecule has 1 atom stereocenters. The Labute approximate surface area is 109 Å². The minimum atomic E-state index is -0.984. The minimum absolute atomic E-state index is 0.180. The van der Waals surface area contributed by atoms with Crippen molar-refractivity contribution in [3.8, 4) is 0 Å². The molecule has 19 heavy (non-hydrogen) atoms. The Balaban J connectivity index is 2.49. The lowest BCUT2D eigenvalue weighted by atomic mass is 10.0. The van der Waals surface area contributed by atoms with Crippen molar-refractivity contribution in [1.82, 2.24) is 4.57 Å². The Morgan fingerprint density at radius 1 is 1.21 bits per heavy atom. The van der Waals surface area contributed by atoms with E-state index in [1.165, 1.54) is 0 Å². The molecule has 0 fully saturated rings. The summed E-state index contributed by atoms with van der Waals surface area (Å²) in [5.74, 6) is -1.94. The van der Waals surface area contributed by atoms with Crippen LogP contribution in [0.3, 0.4) is 0 Å². The molecule has 1 aromatic carbocycles. The van der Waals surface area contributed by atoms with Crippen LogP contribution in [0.2, 0.25) is 0 Å². The van der Waals surface area contributed by atoms with E-state index in [1.54, 1.807) is 22.9 Å². The van der Waals surface area contributed by atoms with E-state index in [4.69, 9.17) is 15.9 Å². The molecule has 1 unspecified atom stereocenters. The van der Waals surface area contributed by atoms with Gasteiger partial charge in [0.1, 0.15) is 6.54 Å². The van der Waals surface area contributed by atoms with Crippen molar-refractivity contribution in [3.05, 3.63) is 36.0 Å². The van der Waals surface area contributed by atoms with E-state index in [0.717, 1.165) is 10.9 Å². The molecule has 0 spiro atoms. The van der Waals surface area contributed by atoms with E-state index in [2.05, 4.69) is 0 Å². The summed E-state index contributed by atoms with van der Waals surface area (Å²) in [7, 11) is 0. The lowest BCUT2D eigenvalue weighted by Crippen LogP contribution is -2.14. The quantitative estimate of drug-likeness (QED) is 0.750. The van der Waals surface area contributed by atoms with Crippen molar-refractivity contribution < 1.29 is 19.8 Å². The van der Waals surface area contributed by atoms with E-state index in [0.29, 0.717) is 5.56 Å². The van der Waals surface area contributed by atoms with Gasteiger partial charge in [0.15, 0.2) is 0 Å². The summed E-state index contributed by atoms with van der Waals surface area (Å²) in [6.45, 7) is -0.180. The van der Waals surface area contributed by atoms with E-state index in [9.17, 15) is 9.59 Å². The molecule has 0 saturated carbocycles. The zero-order chi connectivity index (χ0) is 14.0. The van der Waals surface area contributed by atoms with E-state index < -0.39 is 18.0 Å². The topological polar surface area (TPSA) is 106 Å². The smallest absolute Gasteiger partial charge is 0.323 e. The highest BCUT2D eigenvalue weighted by atomic mass is 16.4. The van der Waals surface area contributed by atoms with Gasteiger partial charge in [-0.3, -0.25) is 9.59 Å². The maximum absolute atomic E-state index is 10.8. The Bertz CT molecular complexity index is 633. The number of nitrogens with zero attached hydrogens (tertiary/aromatic N) is 1. The molecular weight excluding hydrogens is 248 g/mol.